The third-order valence-electron chi connectivity index (χ3n) is 5.64. The maximum absolute atomic E-state index is 5.92. The molecule has 28 heavy (non-hydrogen) atoms. The second-order valence-corrected chi connectivity index (χ2v) is 7.66. The highest BCUT2D eigenvalue weighted by Gasteiger charge is 2.33. The van der Waals surface area contributed by atoms with Crippen molar-refractivity contribution in [1.29, 1.82) is 0 Å². The Labute approximate surface area is 174 Å². The van der Waals surface area contributed by atoms with Gasteiger partial charge in [0, 0.05) is 12.0 Å². The Morgan fingerprint density at radius 1 is 0.821 bits per heavy atom. The van der Waals surface area contributed by atoms with Crippen LogP contribution in [-0.4, -0.2) is 25.0 Å². The molecule has 0 heterocycles. The molecule has 2 atom stereocenters. The molecule has 4 rings (SSSR count). The summed E-state index contributed by atoms with van der Waals surface area (Å²) >= 11 is 0. The van der Waals surface area contributed by atoms with E-state index in [1.165, 1.54) is 22.3 Å². The molecule has 0 bridgehead atoms. The van der Waals surface area contributed by atoms with Crippen molar-refractivity contribution in [3.63, 3.8) is 0 Å². The van der Waals surface area contributed by atoms with Gasteiger partial charge in [0.05, 0.1) is 0 Å². The van der Waals surface area contributed by atoms with E-state index in [9.17, 15) is 0 Å². The SMILES string of the molecule is CN(C)C1Cc2ccccc2C1Cc1ccc(OCc2ccccc2)cc1.Cl. The van der Waals surface area contributed by atoms with Crippen molar-refractivity contribution in [2.45, 2.75) is 31.4 Å². The van der Waals surface area contributed by atoms with Crippen molar-refractivity contribution in [2.75, 3.05) is 14.1 Å². The zero-order valence-electron chi connectivity index (χ0n) is 16.5. The fourth-order valence-corrected chi connectivity index (χ4v) is 4.16. The molecule has 0 fully saturated rings. The minimum atomic E-state index is 0. The Morgan fingerprint density at radius 3 is 2.21 bits per heavy atom. The molecule has 0 N–H and O–H groups in total. The lowest BCUT2D eigenvalue weighted by Crippen LogP contribution is -2.32. The van der Waals surface area contributed by atoms with E-state index >= 15 is 0 Å². The molecular weight excluding hydrogens is 366 g/mol. The first kappa shape index (κ1) is 20.4. The van der Waals surface area contributed by atoms with Crippen LogP contribution in [0.15, 0.2) is 78.9 Å². The summed E-state index contributed by atoms with van der Waals surface area (Å²) in [6.45, 7) is 0.610. The normalized spacial score (nSPS) is 17.8. The number of ether oxygens (including phenoxy) is 1. The van der Waals surface area contributed by atoms with Gasteiger partial charge in [-0.15, -0.1) is 12.4 Å². The molecule has 0 saturated heterocycles. The molecular formula is C25H28ClNO. The van der Waals surface area contributed by atoms with E-state index in [0.717, 1.165) is 18.6 Å². The van der Waals surface area contributed by atoms with Gasteiger partial charge < -0.3 is 9.64 Å². The predicted octanol–water partition coefficient (Wildman–Crippen LogP) is 5.50. The molecule has 3 aromatic carbocycles. The zero-order valence-corrected chi connectivity index (χ0v) is 17.4. The van der Waals surface area contributed by atoms with Gasteiger partial charge >= 0.3 is 0 Å². The monoisotopic (exact) mass is 393 g/mol. The summed E-state index contributed by atoms with van der Waals surface area (Å²) in [4.78, 5) is 2.38. The quantitative estimate of drug-likeness (QED) is 0.548. The largest absolute Gasteiger partial charge is 0.489 e. The molecule has 3 heteroatoms. The molecule has 1 aliphatic rings. The number of hydrogen-bond acceptors (Lipinski definition) is 2. The van der Waals surface area contributed by atoms with Gasteiger partial charge in [0.25, 0.3) is 0 Å². The molecule has 146 valence electrons. The fourth-order valence-electron chi connectivity index (χ4n) is 4.16. The third kappa shape index (κ3) is 4.57. The predicted molar refractivity (Wildman–Crippen MR) is 119 cm³/mol. The minimum absolute atomic E-state index is 0. The van der Waals surface area contributed by atoms with Crippen molar-refractivity contribution in [3.05, 3.63) is 101 Å². The third-order valence-corrected chi connectivity index (χ3v) is 5.64. The van der Waals surface area contributed by atoms with Gasteiger partial charge in [-0.1, -0.05) is 66.7 Å². The van der Waals surface area contributed by atoms with Crippen LogP contribution in [0.5, 0.6) is 5.75 Å². The van der Waals surface area contributed by atoms with Crippen LogP contribution in [0.2, 0.25) is 0 Å². The first-order valence-corrected chi connectivity index (χ1v) is 9.70. The van der Waals surface area contributed by atoms with Crippen molar-refractivity contribution in [3.8, 4) is 5.75 Å². The Morgan fingerprint density at radius 2 is 1.50 bits per heavy atom. The second-order valence-electron chi connectivity index (χ2n) is 7.66. The summed E-state index contributed by atoms with van der Waals surface area (Å²) in [7, 11) is 4.40. The number of nitrogens with zero attached hydrogens (tertiary/aromatic N) is 1. The van der Waals surface area contributed by atoms with Crippen LogP contribution in [-0.2, 0) is 19.4 Å². The molecule has 0 amide bonds. The average Bonchev–Trinajstić information content (AvgIpc) is 3.07. The van der Waals surface area contributed by atoms with Crippen LogP contribution in [0.4, 0.5) is 0 Å². The van der Waals surface area contributed by atoms with Crippen LogP contribution in [0.3, 0.4) is 0 Å². The van der Waals surface area contributed by atoms with Crippen LogP contribution in [0.25, 0.3) is 0 Å². The summed E-state index contributed by atoms with van der Waals surface area (Å²) in [5, 5.41) is 0. The van der Waals surface area contributed by atoms with E-state index in [4.69, 9.17) is 4.74 Å². The van der Waals surface area contributed by atoms with Gasteiger partial charge in [-0.05, 0) is 61.3 Å². The van der Waals surface area contributed by atoms with Gasteiger partial charge in [-0.3, -0.25) is 0 Å². The standard InChI is InChI=1S/C25H27NO.ClH/c1-26(2)25-17-21-10-6-7-11-23(21)24(25)16-19-12-14-22(15-13-19)27-18-20-8-4-3-5-9-20;/h3-15,24-25H,16-18H2,1-2H3;1H. The molecule has 3 aromatic rings. The Bertz CT molecular complexity index is 877. The summed E-state index contributed by atoms with van der Waals surface area (Å²) in [6.07, 6.45) is 2.21. The lowest BCUT2D eigenvalue weighted by Gasteiger charge is -2.27. The molecule has 2 nitrogen and oxygen atoms in total. The van der Waals surface area contributed by atoms with Gasteiger partial charge in [0.1, 0.15) is 12.4 Å². The van der Waals surface area contributed by atoms with Gasteiger partial charge in [-0.25, -0.2) is 0 Å². The van der Waals surface area contributed by atoms with Gasteiger partial charge in [0.2, 0.25) is 0 Å². The van der Waals surface area contributed by atoms with Crippen molar-refractivity contribution >= 4 is 12.4 Å². The number of hydrogen-bond donors (Lipinski definition) is 0. The van der Waals surface area contributed by atoms with E-state index < -0.39 is 0 Å². The van der Waals surface area contributed by atoms with Gasteiger partial charge in [-0.2, -0.15) is 0 Å². The maximum Gasteiger partial charge on any atom is 0.119 e. The smallest absolute Gasteiger partial charge is 0.119 e. The fraction of sp³-hybridized carbons (Fsp3) is 0.280. The van der Waals surface area contributed by atoms with E-state index in [2.05, 4.69) is 79.7 Å². The number of fused-ring (bicyclic) bond motifs is 1. The highest BCUT2D eigenvalue weighted by Crippen LogP contribution is 2.38. The minimum Gasteiger partial charge on any atom is -0.489 e. The first-order chi connectivity index (χ1) is 13.2. The zero-order chi connectivity index (χ0) is 18.6. The van der Waals surface area contributed by atoms with Crippen LogP contribution < -0.4 is 4.74 Å². The number of rotatable bonds is 6. The number of benzene rings is 3. The van der Waals surface area contributed by atoms with E-state index in [0.29, 0.717) is 18.6 Å². The maximum atomic E-state index is 5.92. The second kappa shape index (κ2) is 9.27. The van der Waals surface area contributed by atoms with Crippen LogP contribution in [0, 0.1) is 0 Å². The average molecular weight is 394 g/mol. The van der Waals surface area contributed by atoms with Crippen molar-refractivity contribution in [2.24, 2.45) is 0 Å². The lowest BCUT2D eigenvalue weighted by molar-refractivity contribution is 0.265. The summed E-state index contributed by atoms with van der Waals surface area (Å²) < 4.78 is 5.92. The van der Waals surface area contributed by atoms with E-state index in [1.807, 2.05) is 18.2 Å². The molecule has 0 aliphatic heterocycles. The summed E-state index contributed by atoms with van der Waals surface area (Å²) in [5.41, 5.74) is 5.58. The highest BCUT2D eigenvalue weighted by atomic mass is 35.5. The van der Waals surface area contributed by atoms with E-state index in [1.54, 1.807) is 0 Å². The highest BCUT2D eigenvalue weighted by molar-refractivity contribution is 5.85. The first-order valence-electron chi connectivity index (χ1n) is 9.70. The van der Waals surface area contributed by atoms with Crippen molar-refractivity contribution in [1.82, 2.24) is 4.90 Å². The van der Waals surface area contributed by atoms with Gasteiger partial charge in [0.15, 0.2) is 0 Å². The molecule has 2 unspecified atom stereocenters. The molecule has 0 radical (unpaired) electrons. The van der Waals surface area contributed by atoms with Crippen molar-refractivity contribution < 1.29 is 4.74 Å². The Kier molecular flexibility index (Phi) is 6.77. The summed E-state index contributed by atoms with van der Waals surface area (Å²) in [6, 6.07) is 28.4. The molecule has 1 aliphatic carbocycles. The Balaban J connectivity index is 0.00000225. The van der Waals surface area contributed by atoms with Crippen LogP contribution in [0.1, 0.15) is 28.2 Å². The lowest BCUT2D eigenvalue weighted by atomic mass is 9.90. The summed E-state index contributed by atoms with van der Waals surface area (Å²) in [5.74, 6) is 1.48. The topological polar surface area (TPSA) is 12.5 Å². The number of likely N-dealkylation sites (N-methyl/N-ethyl adjacent to an activating group) is 1. The molecule has 0 saturated carbocycles. The van der Waals surface area contributed by atoms with Crippen LogP contribution >= 0.6 is 12.4 Å². The Hall–Kier alpha value is -2.29. The molecule has 0 spiro atoms. The number of halogens is 1. The van der Waals surface area contributed by atoms with E-state index in [-0.39, 0.29) is 12.4 Å². The molecule has 0 aromatic heterocycles.